The van der Waals surface area contributed by atoms with E-state index in [0.29, 0.717) is 33.9 Å². The van der Waals surface area contributed by atoms with E-state index >= 15 is 0 Å². The molecule has 4 aromatic rings. The molecule has 5 rings (SSSR count). The molecule has 0 fully saturated rings. The number of aliphatic hydroxyl groups excluding tert-OH is 1. The smallest absolute Gasteiger partial charge is 0.475 e. The second kappa shape index (κ2) is 10.3. The molecule has 0 spiro atoms. The van der Waals surface area contributed by atoms with Crippen LogP contribution in [0.25, 0.3) is 21.6 Å². The van der Waals surface area contributed by atoms with Gasteiger partial charge in [0, 0.05) is 37.0 Å². The maximum atomic E-state index is 13.3. The number of carboxylic acid groups (broad SMARTS) is 1. The van der Waals surface area contributed by atoms with E-state index < -0.39 is 17.8 Å². The summed E-state index contributed by atoms with van der Waals surface area (Å²) in [5.74, 6) is -2.16. The number of aliphatic hydroxyl groups is 1. The number of thioether (sulfide) groups is 1. The Bertz CT molecular complexity index is 1650. The molecule has 204 valence electrons. The van der Waals surface area contributed by atoms with Crippen molar-refractivity contribution in [1.82, 2.24) is 18.7 Å². The Hall–Kier alpha value is -3.01. The predicted octanol–water partition coefficient (Wildman–Crippen LogP) is 3.55. The fourth-order valence-corrected chi connectivity index (χ4v) is 6.50. The van der Waals surface area contributed by atoms with Crippen LogP contribution in [0.5, 0.6) is 0 Å². The van der Waals surface area contributed by atoms with Crippen LogP contribution in [-0.2, 0) is 25.4 Å². The van der Waals surface area contributed by atoms with Gasteiger partial charge in [0.1, 0.15) is 16.0 Å². The van der Waals surface area contributed by atoms with E-state index in [9.17, 15) is 27.9 Å². The molecule has 10 nitrogen and oxygen atoms in total. The van der Waals surface area contributed by atoms with E-state index in [1.807, 2.05) is 16.9 Å². The van der Waals surface area contributed by atoms with Crippen LogP contribution in [0.2, 0.25) is 5.22 Å². The highest BCUT2D eigenvalue weighted by atomic mass is 35.5. The summed E-state index contributed by atoms with van der Waals surface area (Å²) in [5, 5.41) is 20.0. The van der Waals surface area contributed by atoms with Crippen molar-refractivity contribution in [3.05, 3.63) is 60.7 Å². The van der Waals surface area contributed by atoms with Gasteiger partial charge in [0.2, 0.25) is 0 Å². The van der Waals surface area contributed by atoms with Gasteiger partial charge >= 0.3 is 17.8 Å². The lowest BCUT2D eigenvalue weighted by Gasteiger charge is -2.30. The minimum Gasteiger partial charge on any atom is -0.475 e. The second-order valence-electron chi connectivity index (χ2n) is 8.33. The SMILES string of the molecule is Cc1csc(-c2c3c(=O)n(C)c(=O)n(C)c3c3n2CC(CO)SC3c2ccc(Cl)o2)n1.O=C(O)C(F)(F)F. The van der Waals surface area contributed by atoms with Gasteiger partial charge in [-0.1, -0.05) is 0 Å². The zero-order valence-electron chi connectivity index (χ0n) is 19.9. The van der Waals surface area contributed by atoms with Gasteiger partial charge in [-0.15, -0.1) is 23.1 Å². The van der Waals surface area contributed by atoms with Crippen LogP contribution in [0.4, 0.5) is 13.2 Å². The number of aliphatic carboxylic acids is 1. The van der Waals surface area contributed by atoms with E-state index in [1.54, 1.807) is 19.2 Å². The van der Waals surface area contributed by atoms with E-state index in [-0.39, 0.29) is 27.9 Å². The summed E-state index contributed by atoms with van der Waals surface area (Å²) in [6.45, 7) is 2.33. The summed E-state index contributed by atoms with van der Waals surface area (Å²) in [5.41, 5.74) is 2.07. The van der Waals surface area contributed by atoms with Crippen LogP contribution < -0.4 is 11.2 Å². The Kier molecular flexibility index (Phi) is 7.58. The number of fused-ring (bicyclic) bond motifs is 3. The van der Waals surface area contributed by atoms with Crippen molar-refractivity contribution in [2.24, 2.45) is 14.1 Å². The Balaban J connectivity index is 0.000000426. The molecule has 4 aromatic heterocycles. The first-order chi connectivity index (χ1) is 17.8. The number of furan rings is 1. The van der Waals surface area contributed by atoms with Crippen molar-refractivity contribution in [3.63, 3.8) is 0 Å². The number of carboxylic acids is 1. The van der Waals surface area contributed by atoms with Gasteiger partial charge in [-0.25, -0.2) is 14.6 Å². The van der Waals surface area contributed by atoms with Crippen molar-refractivity contribution < 1.29 is 32.6 Å². The van der Waals surface area contributed by atoms with E-state index in [1.165, 1.54) is 34.7 Å². The molecule has 0 radical (unpaired) electrons. The maximum Gasteiger partial charge on any atom is 0.490 e. The van der Waals surface area contributed by atoms with Crippen molar-refractivity contribution in [3.8, 4) is 10.7 Å². The van der Waals surface area contributed by atoms with Crippen molar-refractivity contribution in [2.75, 3.05) is 6.61 Å². The molecule has 0 bridgehead atoms. The number of thiazole rings is 1. The van der Waals surface area contributed by atoms with Crippen molar-refractivity contribution in [2.45, 2.75) is 30.1 Å². The number of hydrogen-bond donors (Lipinski definition) is 2. The van der Waals surface area contributed by atoms with Crippen LogP contribution in [0.1, 0.15) is 22.4 Å². The topological polar surface area (TPSA) is 132 Å². The quantitative estimate of drug-likeness (QED) is 0.369. The summed E-state index contributed by atoms with van der Waals surface area (Å²) in [7, 11) is 3.14. The zero-order valence-corrected chi connectivity index (χ0v) is 22.3. The normalized spacial score (nSPS) is 17.3. The highest BCUT2D eigenvalue weighted by Gasteiger charge is 2.39. The van der Waals surface area contributed by atoms with Crippen LogP contribution >= 0.6 is 34.7 Å². The van der Waals surface area contributed by atoms with Gasteiger partial charge in [0.15, 0.2) is 5.22 Å². The molecule has 5 heterocycles. The van der Waals surface area contributed by atoms with Crippen LogP contribution in [0.15, 0.2) is 31.5 Å². The molecule has 0 aromatic carbocycles. The lowest BCUT2D eigenvalue weighted by atomic mass is 10.2. The first-order valence-corrected chi connectivity index (χ1v) is 13.0. The van der Waals surface area contributed by atoms with Crippen LogP contribution in [0.3, 0.4) is 0 Å². The van der Waals surface area contributed by atoms with E-state index in [0.717, 1.165) is 16.0 Å². The minimum atomic E-state index is -5.08. The maximum absolute atomic E-state index is 13.3. The average molecular weight is 593 g/mol. The molecular formula is C22H20ClF3N4O6S2. The van der Waals surface area contributed by atoms with Gasteiger partial charge in [0.05, 0.1) is 28.9 Å². The molecule has 16 heteroatoms. The summed E-state index contributed by atoms with van der Waals surface area (Å²) >= 11 is 9.03. The molecule has 0 aliphatic carbocycles. The van der Waals surface area contributed by atoms with Gasteiger partial charge in [-0.3, -0.25) is 13.9 Å². The summed E-state index contributed by atoms with van der Waals surface area (Å²) in [6, 6.07) is 3.45. The van der Waals surface area contributed by atoms with Crippen LogP contribution in [0, 0.1) is 6.92 Å². The molecule has 1 aliphatic rings. The molecule has 2 atom stereocenters. The highest BCUT2D eigenvalue weighted by molar-refractivity contribution is 8.00. The third-order valence-corrected chi connectivity index (χ3v) is 8.37. The zero-order chi connectivity index (χ0) is 28.1. The molecule has 0 saturated heterocycles. The molecular weight excluding hydrogens is 573 g/mol. The summed E-state index contributed by atoms with van der Waals surface area (Å²) in [6.07, 6.45) is -5.08. The minimum absolute atomic E-state index is 0.0448. The fraction of sp³-hybridized carbons (Fsp3) is 0.364. The number of carbonyl (C=O) groups is 1. The fourth-order valence-electron chi connectivity index (χ4n) is 4.16. The largest absolute Gasteiger partial charge is 0.490 e. The third kappa shape index (κ3) is 4.90. The van der Waals surface area contributed by atoms with Crippen molar-refractivity contribution in [1.29, 1.82) is 0 Å². The summed E-state index contributed by atoms with van der Waals surface area (Å²) < 4.78 is 42.1. The monoisotopic (exact) mass is 592 g/mol. The van der Waals surface area contributed by atoms with Crippen LogP contribution in [-0.4, -0.2) is 52.9 Å². The molecule has 0 amide bonds. The van der Waals surface area contributed by atoms with Gasteiger partial charge in [-0.05, 0) is 30.7 Å². The number of alkyl halides is 3. The first-order valence-electron chi connectivity index (χ1n) is 10.8. The highest BCUT2D eigenvalue weighted by Crippen LogP contribution is 2.49. The number of rotatable bonds is 3. The van der Waals surface area contributed by atoms with Crippen molar-refractivity contribution >= 4 is 51.6 Å². The van der Waals surface area contributed by atoms with Gasteiger partial charge < -0.3 is 19.2 Å². The molecule has 2 unspecified atom stereocenters. The van der Waals surface area contributed by atoms with Gasteiger partial charge in [0.25, 0.3) is 5.56 Å². The lowest BCUT2D eigenvalue weighted by Crippen LogP contribution is -2.37. The number of halogens is 4. The number of nitrogens with zero attached hydrogens (tertiary/aromatic N) is 4. The number of hydrogen-bond acceptors (Lipinski definition) is 8. The number of aryl methyl sites for hydroxylation is 2. The Labute approximate surface area is 224 Å². The molecule has 0 saturated carbocycles. The number of aromatic nitrogens is 4. The Morgan fingerprint density at radius 2 is 1.92 bits per heavy atom. The van der Waals surface area contributed by atoms with E-state index in [2.05, 4.69) is 4.98 Å². The third-order valence-electron chi connectivity index (χ3n) is 5.79. The second-order valence-corrected chi connectivity index (χ2v) is 11.0. The van der Waals surface area contributed by atoms with E-state index in [4.69, 9.17) is 25.9 Å². The predicted molar refractivity (Wildman–Crippen MR) is 136 cm³/mol. The summed E-state index contributed by atoms with van der Waals surface area (Å²) in [4.78, 5) is 39.7. The first kappa shape index (κ1) is 28.0. The average Bonchev–Trinajstić information content (AvgIpc) is 3.57. The molecule has 1 aliphatic heterocycles. The Morgan fingerprint density at radius 3 is 2.42 bits per heavy atom. The molecule has 2 N–H and O–H groups in total. The standard InChI is InChI=1S/C20H19ClN4O4S2.C2HF3O2/c1-9-8-30-18(22-9)15-13-14(23(2)20(28)24(3)19(13)27)16-17(11-4-5-12(21)29-11)31-10(7-26)6-25(15)16;3-2(4,5)1(6)7/h4-5,8,10,17,26H,6-7H2,1-3H3;(H,6,7). The molecule has 38 heavy (non-hydrogen) atoms. The Morgan fingerprint density at radius 1 is 1.26 bits per heavy atom. The van der Waals surface area contributed by atoms with Gasteiger partial charge in [-0.2, -0.15) is 13.2 Å². The lowest BCUT2D eigenvalue weighted by molar-refractivity contribution is -0.192.